The van der Waals surface area contributed by atoms with Crippen LogP contribution in [-0.4, -0.2) is 17.0 Å². The maximum absolute atomic E-state index is 8.86. The second kappa shape index (κ2) is 5.28. The van der Waals surface area contributed by atoms with Crippen LogP contribution < -0.4 is 4.90 Å². The molecular weight excluding hydrogens is 224 g/mol. The number of benzene rings is 1. The Kier molecular flexibility index (Phi) is 3.54. The largest absolute Gasteiger partial charge is 0.340 e. The molecular formula is C14H14N4. The van der Waals surface area contributed by atoms with Crippen molar-refractivity contribution in [2.45, 2.75) is 13.5 Å². The molecule has 0 aliphatic carbocycles. The Bertz CT molecular complexity index is 586. The summed E-state index contributed by atoms with van der Waals surface area (Å²) < 4.78 is 0. The van der Waals surface area contributed by atoms with Crippen molar-refractivity contribution >= 4 is 5.95 Å². The lowest BCUT2D eigenvalue weighted by atomic mass is 10.1. The molecule has 0 saturated carbocycles. The van der Waals surface area contributed by atoms with Crippen LogP contribution in [0.25, 0.3) is 0 Å². The van der Waals surface area contributed by atoms with Crippen molar-refractivity contribution in [3.05, 3.63) is 53.3 Å². The molecule has 90 valence electrons. The molecule has 1 heterocycles. The van der Waals surface area contributed by atoms with Gasteiger partial charge in [-0.15, -0.1) is 0 Å². The lowest BCUT2D eigenvalue weighted by molar-refractivity contribution is 0.859. The minimum absolute atomic E-state index is 0.672. The van der Waals surface area contributed by atoms with Crippen molar-refractivity contribution in [2.24, 2.45) is 0 Å². The van der Waals surface area contributed by atoms with Crippen LogP contribution in [0, 0.1) is 18.3 Å². The average Bonchev–Trinajstić information content (AvgIpc) is 2.39. The molecule has 2 rings (SSSR count). The van der Waals surface area contributed by atoms with Crippen LogP contribution in [0.15, 0.2) is 36.5 Å². The summed E-state index contributed by atoms with van der Waals surface area (Å²) in [6.45, 7) is 2.62. The second-order valence-corrected chi connectivity index (χ2v) is 4.17. The summed E-state index contributed by atoms with van der Waals surface area (Å²) in [6, 6.07) is 11.6. The van der Waals surface area contributed by atoms with E-state index in [-0.39, 0.29) is 0 Å². The van der Waals surface area contributed by atoms with E-state index in [1.165, 1.54) is 0 Å². The molecule has 0 radical (unpaired) electrons. The number of rotatable bonds is 3. The van der Waals surface area contributed by atoms with Gasteiger partial charge in [-0.1, -0.05) is 12.1 Å². The van der Waals surface area contributed by atoms with E-state index in [0.717, 1.165) is 11.3 Å². The minimum atomic E-state index is 0.672. The molecule has 0 unspecified atom stereocenters. The second-order valence-electron chi connectivity index (χ2n) is 4.17. The molecule has 1 aromatic carbocycles. The lowest BCUT2D eigenvalue weighted by Gasteiger charge is -2.17. The third kappa shape index (κ3) is 2.83. The first kappa shape index (κ1) is 12.1. The topological polar surface area (TPSA) is 52.8 Å². The Balaban J connectivity index is 2.16. The van der Waals surface area contributed by atoms with Crippen molar-refractivity contribution in [3.63, 3.8) is 0 Å². The predicted molar refractivity (Wildman–Crippen MR) is 70.0 cm³/mol. The van der Waals surface area contributed by atoms with Crippen molar-refractivity contribution in [1.29, 1.82) is 5.26 Å². The molecule has 18 heavy (non-hydrogen) atoms. The summed E-state index contributed by atoms with van der Waals surface area (Å²) >= 11 is 0. The normalized spacial score (nSPS) is 9.83. The number of aromatic nitrogens is 2. The number of nitriles is 1. The van der Waals surface area contributed by atoms with Crippen LogP contribution >= 0.6 is 0 Å². The van der Waals surface area contributed by atoms with Gasteiger partial charge in [0.15, 0.2) is 0 Å². The van der Waals surface area contributed by atoms with E-state index < -0.39 is 0 Å². The molecule has 0 fully saturated rings. The highest BCUT2D eigenvalue weighted by Crippen LogP contribution is 2.11. The fourth-order valence-corrected chi connectivity index (χ4v) is 1.70. The van der Waals surface area contributed by atoms with Gasteiger partial charge in [-0.2, -0.15) is 5.26 Å². The molecule has 4 nitrogen and oxygen atoms in total. The number of aryl methyl sites for hydroxylation is 1. The van der Waals surface area contributed by atoms with Gasteiger partial charge in [0.2, 0.25) is 5.95 Å². The quantitative estimate of drug-likeness (QED) is 0.823. The first-order valence-electron chi connectivity index (χ1n) is 5.69. The summed E-state index contributed by atoms with van der Waals surface area (Å²) in [5, 5.41) is 8.86. The molecule has 0 atom stereocenters. The van der Waals surface area contributed by atoms with Crippen LogP contribution in [0.2, 0.25) is 0 Å². The van der Waals surface area contributed by atoms with Crippen LogP contribution in [0.3, 0.4) is 0 Å². The molecule has 0 N–H and O–H groups in total. The maximum Gasteiger partial charge on any atom is 0.225 e. The Morgan fingerprint density at radius 2 is 2.17 bits per heavy atom. The Hall–Kier alpha value is -2.41. The van der Waals surface area contributed by atoms with E-state index in [1.807, 2.05) is 43.1 Å². The van der Waals surface area contributed by atoms with Crippen molar-refractivity contribution in [3.8, 4) is 6.07 Å². The zero-order valence-corrected chi connectivity index (χ0v) is 10.5. The first-order chi connectivity index (χ1) is 8.69. The van der Waals surface area contributed by atoms with Crippen molar-refractivity contribution < 1.29 is 0 Å². The molecule has 4 heteroatoms. The summed E-state index contributed by atoms with van der Waals surface area (Å²) in [6.07, 6.45) is 1.75. The maximum atomic E-state index is 8.86. The van der Waals surface area contributed by atoms with E-state index in [2.05, 4.69) is 16.0 Å². The molecule has 2 aromatic rings. The first-order valence-corrected chi connectivity index (χ1v) is 5.69. The van der Waals surface area contributed by atoms with Gasteiger partial charge in [-0.3, -0.25) is 0 Å². The third-order valence-electron chi connectivity index (χ3n) is 2.60. The molecule has 0 bridgehead atoms. The summed E-state index contributed by atoms with van der Waals surface area (Å²) in [5.74, 6) is 0.692. The van der Waals surface area contributed by atoms with E-state index in [0.29, 0.717) is 18.1 Å². The zero-order valence-electron chi connectivity index (χ0n) is 10.5. The highest BCUT2D eigenvalue weighted by Gasteiger charge is 2.05. The fourth-order valence-electron chi connectivity index (χ4n) is 1.70. The molecule has 0 saturated heterocycles. The van der Waals surface area contributed by atoms with Gasteiger partial charge in [-0.05, 0) is 30.7 Å². The van der Waals surface area contributed by atoms with E-state index in [9.17, 15) is 0 Å². The third-order valence-corrected chi connectivity index (χ3v) is 2.60. The Morgan fingerprint density at radius 3 is 2.89 bits per heavy atom. The number of hydrogen-bond acceptors (Lipinski definition) is 4. The summed E-state index contributed by atoms with van der Waals surface area (Å²) in [7, 11) is 1.94. The highest BCUT2D eigenvalue weighted by molar-refractivity contribution is 5.36. The predicted octanol–water partition coefficient (Wildman–Crippen LogP) is 2.29. The van der Waals surface area contributed by atoms with Gasteiger partial charge >= 0.3 is 0 Å². The standard InChI is InChI=1S/C14H14N4/c1-11-6-7-16-14(17-11)18(2)10-13-5-3-4-12(8-13)9-15/h3-8H,10H2,1-2H3. The van der Waals surface area contributed by atoms with Gasteiger partial charge in [-0.25, -0.2) is 9.97 Å². The number of hydrogen-bond donors (Lipinski definition) is 0. The highest BCUT2D eigenvalue weighted by atomic mass is 15.2. The smallest absolute Gasteiger partial charge is 0.225 e. The molecule has 0 amide bonds. The molecule has 0 aliphatic heterocycles. The van der Waals surface area contributed by atoms with Crippen molar-refractivity contribution in [1.82, 2.24) is 9.97 Å². The van der Waals surface area contributed by atoms with Crippen LogP contribution in [0.5, 0.6) is 0 Å². The van der Waals surface area contributed by atoms with E-state index >= 15 is 0 Å². The number of anilines is 1. The minimum Gasteiger partial charge on any atom is -0.340 e. The Morgan fingerprint density at radius 1 is 1.33 bits per heavy atom. The fraction of sp³-hybridized carbons (Fsp3) is 0.214. The number of nitrogens with zero attached hydrogens (tertiary/aromatic N) is 4. The van der Waals surface area contributed by atoms with Gasteiger partial charge in [0.1, 0.15) is 0 Å². The molecule has 0 spiro atoms. The summed E-state index contributed by atoms with van der Waals surface area (Å²) in [4.78, 5) is 10.6. The summed E-state index contributed by atoms with van der Waals surface area (Å²) in [5.41, 5.74) is 2.69. The lowest BCUT2D eigenvalue weighted by Crippen LogP contribution is -2.19. The molecule has 0 aliphatic rings. The van der Waals surface area contributed by atoms with Crippen LogP contribution in [0.4, 0.5) is 5.95 Å². The monoisotopic (exact) mass is 238 g/mol. The van der Waals surface area contributed by atoms with Gasteiger partial charge in [0.05, 0.1) is 11.6 Å². The SMILES string of the molecule is Cc1ccnc(N(C)Cc2cccc(C#N)c2)n1. The van der Waals surface area contributed by atoms with Gasteiger partial charge in [0.25, 0.3) is 0 Å². The molecule has 1 aromatic heterocycles. The zero-order chi connectivity index (χ0) is 13.0. The van der Waals surface area contributed by atoms with Crippen LogP contribution in [0.1, 0.15) is 16.8 Å². The Labute approximate surface area is 107 Å². The van der Waals surface area contributed by atoms with E-state index in [1.54, 1.807) is 12.3 Å². The van der Waals surface area contributed by atoms with Crippen LogP contribution in [-0.2, 0) is 6.54 Å². The van der Waals surface area contributed by atoms with Gasteiger partial charge in [0, 0.05) is 25.5 Å². The van der Waals surface area contributed by atoms with E-state index in [4.69, 9.17) is 5.26 Å². The van der Waals surface area contributed by atoms with Gasteiger partial charge < -0.3 is 4.90 Å². The average molecular weight is 238 g/mol. The van der Waals surface area contributed by atoms with Crippen molar-refractivity contribution in [2.75, 3.05) is 11.9 Å².